The first kappa shape index (κ1) is 12.2. The van der Waals surface area contributed by atoms with E-state index in [-0.39, 0.29) is 12.0 Å². The summed E-state index contributed by atoms with van der Waals surface area (Å²) in [5.41, 5.74) is 1.17. The Hall–Kier alpha value is -0.870. The highest BCUT2D eigenvalue weighted by atomic mass is 32.1. The van der Waals surface area contributed by atoms with Gasteiger partial charge in [0, 0.05) is 20.2 Å². The zero-order valence-electron chi connectivity index (χ0n) is 9.40. The van der Waals surface area contributed by atoms with Crippen LogP contribution < -0.4 is 0 Å². The molecule has 84 valence electrons. The SMILES string of the molecule is CCO[C@@H](C)C(=O)N(C)Cc1ccsc1. The van der Waals surface area contributed by atoms with Crippen molar-refractivity contribution in [1.29, 1.82) is 0 Å². The summed E-state index contributed by atoms with van der Waals surface area (Å²) in [7, 11) is 1.80. The van der Waals surface area contributed by atoms with Crippen molar-refractivity contribution in [1.82, 2.24) is 4.90 Å². The number of ether oxygens (including phenoxy) is 1. The molecule has 1 atom stereocenters. The van der Waals surface area contributed by atoms with E-state index in [9.17, 15) is 4.79 Å². The van der Waals surface area contributed by atoms with Gasteiger partial charge in [-0.05, 0) is 36.2 Å². The monoisotopic (exact) mass is 227 g/mol. The van der Waals surface area contributed by atoms with E-state index in [0.717, 1.165) is 0 Å². The summed E-state index contributed by atoms with van der Waals surface area (Å²) in [6.45, 7) is 4.90. The largest absolute Gasteiger partial charge is 0.369 e. The maximum atomic E-state index is 11.8. The number of amides is 1. The van der Waals surface area contributed by atoms with Gasteiger partial charge in [-0.2, -0.15) is 11.3 Å². The molecule has 1 aromatic heterocycles. The molecule has 1 heterocycles. The van der Waals surface area contributed by atoms with Gasteiger partial charge in [0.05, 0.1) is 0 Å². The number of hydrogen-bond acceptors (Lipinski definition) is 3. The van der Waals surface area contributed by atoms with Gasteiger partial charge in [-0.15, -0.1) is 0 Å². The van der Waals surface area contributed by atoms with Crippen LogP contribution in [-0.2, 0) is 16.1 Å². The number of thiophene rings is 1. The molecule has 3 nitrogen and oxygen atoms in total. The van der Waals surface area contributed by atoms with Gasteiger partial charge in [0.25, 0.3) is 5.91 Å². The Balaban J connectivity index is 2.46. The second-order valence-corrected chi connectivity index (χ2v) is 4.20. The maximum absolute atomic E-state index is 11.8. The summed E-state index contributed by atoms with van der Waals surface area (Å²) >= 11 is 1.64. The van der Waals surface area contributed by atoms with Crippen LogP contribution in [0, 0.1) is 0 Å². The van der Waals surface area contributed by atoms with Crippen molar-refractivity contribution in [2.24, 2.45) is 0 Å². The lowest BCUT2D eigenvalue weighted by atomic mass is 10.3. The summed E-state index contributed by atoms with van der Waals surface area (Å²) in [6.07, 6.45) is -0.348. The van der Waals surface area contributed by atoms with Gasteiger partial charge in [-0.1, -0.05) is 0 Å². The van der Waals surface area contributed by atoms with Crippen molar-refractivity contribution >= 4 is 17.2 Å². The zero-order chi connectivity index (χ0) is 11.3. The molecule has 15 heavy (non-hydrogen) atoms. The fourth-order valence-corrected chi connectivity index (χ4v) is 2.03. The predicted octanol–water partition coefficient (Wildman–Crippen LogP) is 2.13. The molecule has 0 unspecified atom stereocenters. The van der Waals surface area contributed by atoms with Gasteiger partial charge < -0.3 is 9.64 Å². The quantitative estimate of drug-likeness (QED) is 0.771. The summed E-state index contributed by atoms with van der Waals surface area (Å²) in [5, 5.41) is 4.06. The first-order chi connectivity index (χ1) is 7.15. The fourth-order valence-electron chi connectivity index (χ4n) is 1.37. The molecule has 0 spiro atoms. The molecule has 0 aliphatic rings. The molecule has 0 aliphatic heterocycles. The Kier molecular flexibility index (Phi) is 4.78. The lowest BCUT2D eigenvalue weighted by Crippen LogP contribution is -2.35. The summed E-state index contributed by atoms with van der Waals surface area (Å²) in [5.74, 6) is 0.0306. The van der Waals surface area contributed by atoms with Crippen LogP contribution in [0.15, 0.2) is 16.8 Å². The van der Waals surface area contributed by atoms with E-state index in [1.165, 1.54) is 5.56 Å². The number of hydrogen-bond donors (Lipinski definition) is 0. The van der Waals surface area contributed by atoms with Crippen LogP contribution in [-0.4, -0.2) is 30.6 Å². The molecule has 0 saturated heterocycles. The molecular formula is C11H17NO2S. The van der Waals surface area contributed by atoms with Gasteiger partial charge in [-0.3, -0.25) is 4.79 Å². The highest BCUT2D eigenvalue weighted by molar-refractivity contribution is 7.07. The van der Waals surface area contributed by atoms with Crippen molar-refractivity contribution in [2.45, 2.75) is 26.5 Å². The highest BCUT2D eigenvalue weighted by Crippen LogP contribution is 2.09. The number of carbonyl (C=O) groups is 1. The summed E-state index contributed by atoms with van der Waals surface area (Å²) < 4.78 is 5.26. The van der Waals surface area contributed by atoms with Crippen LogP contribution in [0.25, 0.3) is 0 Å². The molecule has 0 N–H and O–H groups in total. The zero-order valence-corrected chi connectivity index (χ0v) is 10.2. The topological polar surface area (TPSA) is 29.5 Å². The number of carbonyl (C=O) groups excluding carboxylic acids is 1. The van der Waals surface area contributed by atoms with E-state index in [1.54, 1.807) is 30.2 Å². The molecule has 0 saturated carbocycles. The van der Waals surface area contributed by atoms with Crippen molar-refractivity contribution in [2.75, 3.05) is 13.7 Å². The molecule has 1 rings (SSSR count). The molecule has 0 fully saturated rings. The van der Waals surface area contributed by atoms with Crippen molar-refractivity contribution in [3.05, 3.63) is 22.4 Å². The first-order valence-electron chi connectivity index (χ1n) is 5.02. The average Bonchev–Trinajstić information content (AvgIpc) is 2.69. The third kappa shape index (κ3) is 3.64. The van der Waals surface area contributed by atoms with Crippen molar-refractivity contribution in [3.63, 3.8) is 0 Å². The Bertz CT molecular complexity index is 298. The van der Waals surface area contributed by atoms with E-state index >= 15 is 0 Å². The van der Waals surface area contributed by atoms with Crippen LogP contribution in [0.3, 0.4) is 0 Å². The van der Waals surface area contributed by atoms with Crippen LogP contribution in [0.5, 0.6) is 0 Å². The average molecular weight is 227 g/mol. The third-order valence-corrected chi connectivity index (χ3v) is 2.87. The number of rotatable bonds is 5. The molecule has 0 aromatic carbocycles. The molecule has 4 heteroatoms. The van der Waals surface area contributed by atoms with Crippen molar-refractivity contribution < 1.29 is 9.53 Å². The molecular weight excluding hydrogens is 210 g/mol. The summed E-state index contributed by atoms with van der Waals surface area (Å²) in [6, 6.07) is 2.03. The molecule has 0 bridgehead atoms. The van der Waals surface area contributed by atoms with E-state index in [1.807, 2.05) is 18.4 Å². The predicted molar refractivity (Wildman–Crippen MR) is 61.9 cm³/mol. The highest BCUT2D eigenvalue weighted by Gasteiger charge is 2.17. The summed E-state index contributed by atoms with van der Waals surface area (Å²) in [4.78, 5) is 13.5. The van der Waals surface area contributed by atoms with Gasteiger partial charge in [0.1, 0.15) is 6.10 Å². The third-order valence-electron chi connectivity index (χ3n) is 2.14. The standard InChI is InChI=1S/C11H17NO2S/c1-4-14-9(2)11(13)12(3)7-10-5-6-15-8-10/h5-6,8-9H,4,7H2,1-3H3/t9-/m0/s1. The smallest absolute Gasteiger partial charge is 0.251 e. The normalized spacial score (nSPS) is 12.5. The first-order valence-corrected chi connectivity index (χ1v) is 5.97. The molecule has 1 aromatic rings. The second kappa shape index (κ2) is 5.88. The molecule has 0 radical (unpaired) electrons. The van der Waals surface area contributed by atoms with Gasteiger partial charge in [0.15, 0.2) is 0 Å². The molecule has 0 aliphatic carbocycles. The lowest BCUT2D eigenvalue weighted by molar-refractivity contribution is -0.141. The van der Waals surface area contributed by atoms with E-state index in [2.05, 4.69) is 5.38 Å². The minimum atomic E-state index is -0.348. The van der Waals surface area contributed by atoms with Crippen LogP contribution in [0.1, 0.15) is 19.4 Å². The Labute approximate surface area is 94.7 Å². The van der Waals surface area contributed by atoms with Crippen LogP contribution in [0.4, 0.5) is 0 Å². The van der Waals surface area contributed by atoms with Crippen LogP contribution in [0.2, 0.25) is 0 Å². The second-order valence-electron chi connectivity index (χ2n) is 3.42. The number of nitrogens with zero attached hydrogens (tertiary/aromatic N) is 1. The minimum Gasteiger partial charge on any atom is -0.369 e. The fraction of sp³-hybridized carbons (Fsp3) is 0.545. The van der Waals surface area contributed by atoms with E-state index < -0.39 is 0 Å². The Morgan fingerprint density at radius 3 is 2.93 bits per heavy atom. The van der Waals surface area contributed by atoms with Gasteiger partial charge in [-0.25, -0.2) is 0 Å². The minimum absolute atomic E-state index is 0.0306. The lowest BCUT2D eigenvalue weighted by Gasteiger charge is -2.20. The van der Waals surface area contributed by atoms with E-state index in [4.69, 9.17) is 4.74 Å². The Morgan fingerprint density at radius 2 is 2.40 bits per heavy atom. The number of likely N-dealkylation sites (N-methyl/N-ethyl adjacent to an activating group) is 1. The van der Waals surface area contributed by atoms with Crippen LogP contribution >= 0.6 is 11.3 Å². The maximum Gasteiger partial charge on any atom is 0.251 e. The van der Waals surface area contributed by atoms with Gasteiger partial charge >= 0.3 is 0 Å². The van der Waals surface area contributed by atoms with E-state index in [0.29, 0.717) is 13.2 Å². The molecule has 1 amide bonds. The van der Waals surface area contributed by atoms with Gasteiger partial charge in [0.2, 0.25) is 0 Å². The Morgan fingerprint density at radius 1 is 1.67 bits per heavy atom. The van der Waals surface area contributed by atoms with Crippen molar-refractivity contribution in [3.8, 4) is 0 Å².